The number of hydrazone groups is 2. The third-order valence-electron chi connectivity index (χ3n) is 8.87. The van der Waals surface area contributed by atoms with E-state index in [0.29, 0.717) is 5.41 Å². The van der Waals surface area contributed by atoms with Gasteiger partial charge in [-0.25, -0.2) is 0 Å². The van der Waals surface area contributed by atoms with Crippen molar-refractivity contribution in [2.75, 3.05) is 0 Å². The molecule has 4 fully saturated rings. The molecule has 0 aromatic carbocycles. The van der Waals surface area contributed by atoms with Crippen LogP contribution in [0, 0.1) is 34.5 Å². The van der Waals surface area contributed by atoms with E-state index in [-0.39, 0.29) is 15.6 Å². The molecular weight excluding hydrogens is 400 g/mol. The van der Waals surface area contributed by atoms with Crippen LogP contribution in [0.25, 0.3) is 0 Å². The molecule has 4 rings (SSSR count). The molecule has 6 atom stereocenters. The largest absolute Gasteiger partial charge is 0.375 e. The van der Waals surface area contributed by atoms with Gasteiger partial charge in [-0.15, -0.1) is 0 Å². The summed E-state index contributed by atoms with van der Waals surface area (Å²) in [7, 11) is 0. The molecule has 29 heavy (non-hydrogen) atoms. The predicted octanol–water partition coefficient (Wildman–Crippen LogP) is 3.41. The Labute approximate surface area is 184 Å². The molecule has 4 aliphatic rings. The van der Waals surface area contributed by atoms with Gasteiger partial charge in [0.1, 0.15) is 0 Å². The second kappa shape index (κ2) is 7.76. The molecule has 8 heteroatoms. The van der Waals surface area contributed by atoms with Gasteiger partial charge in [0, 0.05) is 16.8 Å². The van der Waals surface area contributed by atoms with E-state index in [1.165, 1.54) is 49.9 Å². The molecule has 4 aliphatic carbocycles. The number of rotatable bonds is 2. The van der Waals surface area contributed by atoms with Crippen molar-refractivity contribution in [1.29, 1.82) is 0 Å². The number of nitrogens with zero attached hydrogens (tertiary/aromatic N) is 2. The number of hydrogen-bond donors (Lipinski definition) is 4. The lowest BCUT2D eigenvalue weighted by Gasteiger charge is -2.59. The van der Waals surface area contributed by atoms with Crippen molar-refractivity contribution in [3.8, 4) is 0 Å². The molecule has 0 aliphatic heterocycles. The maximum absolute atomic E-state index is 5.61. The lowest BCUT2D eigenvalue weighted by molar-refractivity contribution is -0.0815. The maximum Gasteiger partial charge on any atom is 0.184 e. The molecule has 0 bridgehead atoms. The van der Waals surface area contributed by atoms with Gasteiger partial charge in [-0.05, 0) is 111 Å². The van der Waals surface area contributed by atoms with Crippen molar-refractivity contribution >= 4 is 46.1 Å². The highest BCUT2D eigenvalue weighted by Gasteiger charge is 2.59. The topological polar surface area (TPSA) is 101 Å². The van der Waals surface area contributed by atoms with Crippen LogP contribution in [-0.2, 0) is 0 Å². The van der Waals surface area contributed by atoms with Crippen LogP contribution in [0.15, 0.2) is 10.2 Å². The first-order valence-corrected chi connectivity index (χ1v) is 11.8. The fourth-order valence-corrected chi connectivity index (χ4v) is 7.48. The third-order valence-corrected chi connectivity index (χ3v) is 9.05. The number of fused-ring (bicyclic) bond motifs is 5. The Hall–Kier alpha value is -1.28. The van der Waals surface area contributed by atoms with Crippen LogP contribution >= 0.6 is 24.4 Å². The average molecular weight is 435 g/mol. The summed E-state index contributed by atoms with van der Waals surface area (Å²) < 4.78 is 0. The molecular formula is C21H34N6S2. The van der Waals surface area contributed by atoms with Gasteiger partial charge in [0.2, 0.25) is 0 Å². The summed E-state index contributed by atoms with van der Waals surface area (Å²) in [5.41, 5.74) is 20.0. The molecule has 6 N–H and O–H groups in total. The van der Waals surface area contributed by atoms with E-state index >= 15 is 0 Å². The first-order valence-electron chi connectivity index (χ1n) is 11.0. The van der Waals surface area contributed by atoms with Crippen LogP contribution in [0.1, 0.15) is 71.6 Å². The highest BCUT2D eigenvalue weighted by Crippen LogP contribution is 2.65. The van der Waals surface area contributed by atoms with Crippen LogP contribution < -0.4 is 22.3 Å². The molecule has 0 aromatic heterocycles. The molecule has 6 nitrogen and oxygen atoms in total. The van der Waals surface area contributed by atoms with Gasteiger partial charge in [-0.1, -0.05) is 13.8 Å². The summed E-state index contributed by atoms with van der Waals surface area (Å²) in [5.74, 6) is 3.07. The Morgan fingerprint density at radius 1 is 0.931 bits per heavy atom. The van der Waals surface area contributed by atoms with Crippen LogP contribution in [-0.4, -0.2) is 21.6 Å². The van der Waals surface area contributed by atoms with Crippen molar-refractivity contribution in [2.45, 2.75) is 71.6 Å². The van der Waals surface area contributed by atoms with Crippen LogP contribution in [0.4, 0.5) is 0 Å². The van der Waals surface area contributed by atoms with Crippen LogP contribution in [0.3, 0.4) is 0 Å². The smallest absolute Gasteiger partial charge is 0.184 e. The summed E-state index contributed by atoms with van der Waals surface area (Å²) in [6, 6.07) is 0. The fraction of sp³-hybridized carbons (Fsp3) is 0.810. The molecule has 0 saturated heterocycles. The molecule has 0 unspecified atom stereocenters. The number of nitrogens with two attached hydrogens (primary N) is 2. The summed E-state index contributed by atoms with van der Waals surface area (Å²) in [6.07, 6.45) is 10.8. The van der Waals surface area contributed by atoms with Crippen molar-refractivity contribution in [1.82, 2.24) is 10.9 Å². The van der Waals surface area contributed by atoms with Gasteiger partial charge in [0.15, 0.2) is 10.2 Å². The monoisotopic (exact) mass is 434 g/mol. The molecule has 0 radical (unpaired) electrons. The maximum atomic E-state index is 5.61. The summed E-state index contributed by atoms with van der Waals surface area (Å²) in [5, 5.41) is 9.61. The van der Waals surface area contributed by atoms with Crippen LogP contribution in [0.5, 0.6) is 0 Å². The van der Waals surface area contributed by atoms with Crippen molar-refractivity contribution in [3.05, 3.63) is 0 Å². The molecule has 4 saturated carbocycles. The minimum Gasteiger partial charge on any atom is -0.375 e. The Bertz CT molecular complexity index is 764. The Morgan fingerprint density at radius 2 is 1.66 bits per heavy atom. The Morgan fingerprint density at radius 3 is 2.38 bits per heavy atom. The van der Waals surface area contributed by atoms with E-state index in [9.17, 15) is 0 Å². The Kier molecular flexibility index (Phi) is 5.61. The van der Waals surface area contributed by atoms with Gasteiger partial charge < -0.3 is 11.5 Å². The highest BCUT2D eigenvalue weighted by atomic mass is 32.1. The van der Waals surface area contributed by atoms with Gasteiger partial charge in [-0.2, -0.15) is 10.2 Å². The quantitative estimate of drug-likeness (QED) is 0.392. The summed E-state index contributed by atoms with van der Waals surface area (Å²) in [6.45, 7) is 5.00. The van der Waals surface area contributed by atoms with E-state index < -0.39 is 0 Å². The first kappa shape index (κ1) is 21.0. The minimum atomic E-state index is 0.199. The van der Waals surface area contributed by atoms with E-state index in [1.54, 1.807) is 0 Å². The van der Waals surface area contributed by atoms with E-state index in [1.807, 2.05) is 0 Å². The lowest BCUT2D eigenvalue weighted by Crippen LogP contribution is -2.53. The standard InChI is InChI=1S/C21H34N6S2/c1-20-9-7-13(24-26-18(22)28)11-12(20)3-4-14-15-5-6-17(25-27-19(23)29)21(15,2)10-8-16(14)20/h12,14-16H,3-11H2,1-2H3,(H3,22,26,28)(H3,23,27,29)/b24-13-,25-17-/t12-,14-,15+,16-,20-,21-/m0/s1. The molecule has 0 aromatic rings. The molecule has 0 heterocycles. The number of thiocarbonyl (C=S) groups is 2. The van der Waals surface area contributed by atoms with E-state index in [0.717, 1.165) is 42.9 Å². The van der Waals surface area contributed by atoms with Crippen LogP contribution in [0.2, 0.25) is 0 Å². The molecule has 0 amide bonds. The zero-order valence-electron chi connectivity index (χ0n) is 17.5. The average Bonchev–Trinajstić information content (AvgIpc) is 3.01. The first-order chi connectivity index (χ1) is 13.7. The van der Waals surface area contributed by atoms with Gasteiger partial charge in [-0.3, -0.25) is 10.9 Å². The lowest BCUT2D eigenvalue weighted by atomic mass is 9.45. The van der Waals surface area contributed by atoms with Crippen molar-refractivity contribution < 1.29 is 0 Å². The summed E-state index contributed by atoms with van der Waals surface area (Å²) in [4.78, 5) is 0. The molecule has 0 spiro atoms. The van der Waals surface area contributed by atoms with Gasteiger partial charge in [0.05, 0.1) is 0 Å². The Balaban J connectivity index is 1.51. The minimum absolute atomic E-state index is 0.199. The number of hydrogen-bond acceptors (Lipinski definition) is 4. The predicted molar refractivity (Wildman–Crippen MR) is 126 cm³/mol. The van der Waals surface area contributed by atoms with E-state index in [4.69, 9.17) is 35.9 Å². The van der Waals surface area contributed by atoms with Crippen molar-refractivity contribution in [2.24, 2.45) is 56.2 Å². The van der Waals surface area contributed by atoms with Crippen molar-refractivity contribution in [3.63, 3.8) is 0 Å². The zero-order valence-corrected chi connectivity index (χ0v) is 19.2. The second-order valence-corrected chi connectivity index (χ2v) is 10.9. The summed E-state index contributed by atoms with van der Waals surface area (Å²) >= 11 is 9.86. The SMILES string of the molecule is C[C@]12CC/C(=N/NC(N)=S)C[C@@H]1CC[C@H]1[C@H]3CC/C(=N/NC(N)=S)[C@@]3(C)CC[C@@H]12. The molecule has 160 valence electrons. The highest BCUT2D eigenvalue weighted by molar-refractivity contribution is 7.80. The van der Waals surface area contributed by atoms with E-state index in [2.05, 4.69) is 34.9 Å². The fourth-order valence-electron chi connectivity index (χ4n) is 7.39. The number of nitrogens with one attached hydrogen (secondary N) is 2. The van der Waals surface area contributed by atoms with Gasteiger partial charge in [0.25, 0.3) is 0 Å². The second-order valence-electron chi connectivity index (χ2n) is 10.0. The third kappa shape index (κ3) is 3.67. The zero-order chi connectivity index (χ0) is 20.8. The van der Waals surface area contributed by atoms with Gasteiger partial charge >= 0.3 is 0 Å². The normalized spacial score (nSPS) is 43.9.